The van der Waals surface area contributed by atoms with Gasteiger partial charge in [-0.05, 0) is 46.5 Å². The van der Waals surface area contributed by atoms with E-state index in [1.807, 2.05) is 13.0 Å². The van der Waals surface area contributed by atoms with E-state index in [-0.39, 0.29) is 5.56 Å². The molecule has 0 aliphatic carbocycles. The lowest BCUT2D eigenvalue weighted by molar-refractivity contribution is 0.400. The van der Waals surface area contributed by atoms with Crippen LogP contribution in [0.4, 0.5) is 5.69 Å². The number of rotatable bonds is 4. The zero-order chi connectivity index (χ0) is 14.0. The van der Waals surface area contributed by atoms with Gasteiger partial charge in [-0.2, -0.15) is 4.37 Å². The Morgan fingerprint density at radius 2 is 2.26 bits per heavy atom. The van der Waals surface area contributed by atoms with Crippen LogP contribution in [0.1, 0.15) is 10.6 Å². The second-order valence-corrected chi connectivity index (χ2v) is 5.69. The van der Waals surface area contributed by atoms with Crippen molar-refractivity contribution in [1.29, 1.82) is 0 Å². The number of nitrogens with zero attached hydrogens (tertiary/aromatic N) is 2. The summed E-state index contributed by atoms with van der Waals surface area (Å²) in [6, 6.07) is 3.70. The minimum absolute atomic E-state index is 0.0346. The zero-order valence-corrected chi connectivity index (χ0v) is 13.3. The number of hydrogen-bond acceptors (Lipinski definition) is 5. The van der Waals surface area contributed by atoms with Crippen molar-refractivity contribution in [2.75, 3.05) is 12.4 Å². The molecule has 0 atom stereocenters. The van der Waals surface area contributed by atoms with Crippen LogP contribution in [0.15, 0.2) is 21.4 Å². The summed E-state index contributed by atoms with van der Waals surface area (Å²) in [5.41, 5.74) is 1.47. The van der Waals surface area contributed by atoms with Crippen molar-refractivity contribution >= 4 is 33.1 Å². The molecular weight excluding hydrogens is 330 g/mol. The Morgan fingerprint density at radius 1 is 1.53 bits per heavy atom. The van der Waals surface area contributed by atoms with E-state index in [0.29, 0.717) is 18.1 Å². The Labute approximate surface area is 123 Å². The fourth-order valence-electron chi connectivity index (χ4n) is 1.57. The predicted molar refractivity (Wildman–Crippen MR) is 80.1 cm³/mol. The molecule has 2 aromatic rings. The summed E-state index contributed by atoms with van der Waals surface area (Å²) in [4.78, 5) is 13.0. The summed E-state index contributed by atoms with van der Waals surface area (Å²) in [5.74, 6) is 0.568. The topological polar surface area (TPSA) is 56.1 Å². The van der Waals surface area contributed by atoms with Crippen LogP contribution >= 0.6 is 27.5 Å². The fourth-order valence-corrected chi connectivity index (χ4v) is 2.96. The molecule has 0 radical (unpaired) electrons. The van der Waals surface area contributed by atoms with Gasteiger partial charge in [0, 0.05) is 12.7 Å². The third-order valence-electron chi connectivity index (χ3n) is 2.86. The van der Waals surface area contributed by atoms with Gasteiger partial charge < -0.3 is 14.6 Å². The molecule has 2 rings (SSSR count). The van der Waals surface area contributed by atoms with Crippen LogP contribution in [-0.2, 0) is 13.6 Å². The lowest BCUT2D eigenvalue weighted by Gasteiger charge is -2.08. The molecule has 102 valence electrons. The van der Waals surface area contributed by atoms with Crippen molar-refractivity contribution in [2.24, 2.45) is 7.05 Å². The van der Waals surface area contributed by atoms with Crippen LogP contribution in [0.25, 0.3) is 0 Å². The van der Waals surface area contributed by atoms with Crippen LogP contribution in [-0.4, -0.2) is 16.1 Å². The van der Waals surface area contributed by atoms with Crippen molar-refractivity contribution < 1.29 is 4.74 Å². The van der Waals surface area contributed by atoms with Crippen LogP contribution in [0.5, 0.6) is 5.88 Å². The van der Waals surface area contributed by atoms with E-state index in [9.17, 15) is 4.79 Å². The molecule has 0 bridgehead atoms. The van der Waals surface area contributed by atoms with Crippen molar-refractivity contribution in [3.63, 3.8) is 0 Å². The highest BCUT2D eigenvalue weighted by Crippen LogP contribution is 2.31. The molecule has 0 aromatic carbocycles. The monoisotopic (exact) mass is 343 g/mol. The molecule has 0 aliphatic rings. The zero-order valence-electron chi connectivity index (χ0n) is 10.9. The molecule has 1 N–H and O–H groups in total. The Balaban J connectivity index is 2.17. The first-order valence-corrected chi connectivity index (χ1v) is 7.19. The number of nitrogens with one attached hydrogen (secondary N) is 1. The number of ether oxygens (including phenoxy) is 1. The Hall–Kier alpha value is -1.34. The summed E-state index contributed by atoms with van der Waals surface area (Å²) < 4.78 is 11.7. The molecule has 0 saturated carbocycles. The summed E-state index contributed by atoms with van der Waals surface area (Å²) in [5, 5.41) is 3.13. The number of hydrogen-bond donors (Lipinski definition) is 1. The van der Waals surface area contributed by atoms with E-state index >= 15 is 0 Å². The van der Waals surface area contributed by atoms with Gasteiger partial charge in [-0.1, -0.05) is 0 Å². The lowest BCUT2D eigenvalue weighted by Crippen LogP contribution is -2.22. The summed E-state index contributed by atoms with van der Waals surface area (Å²) in [6.45, 7) is 2.43. The molecule has 2 heterocycles. The maximum atomic E-state index is 12.0. The largest absolute Gasteiger partial charge is 0.480 e. The first kappa shape index (κ1) is 14.1. The standard InChI is InChI=1S/C12H14BrN3O2S/c1-7-4-5-8(12(17)16(7)2)14-6-9-10(13)11(18-3)15-19-9/h4-5,14H,6H2,1-3H3. The average molecular weight is 344 g/mol. The first-order chi connectivity index (χ1) is 9.04. The molecule has 19 heavy (non-hydrogen) atoms. The van der Waals surface area contributed by atoms with Gasteiger partial charge in [-0.3, -0.25) is 4.79 Å². The second kappa shape index (κ2) is 5.75. The van der Waals surface area contributed by atoms with Gasteiger partial charge in [-0.25, -0.2) is 0 Å². The fraction of sp³-hybridized carbons (Fsp3) is 0.333. The molecule has 7 heteroatoms. The Bertz CT molecular complexity index is 651. The summed E-state index contributed by atoms with van der Waals surface area (Å²) >= 11 is 4.77. The number of halogens is 1. The van der Waals surface area contributed by atoms with Crippen LogP contribution < -0.4 is 15.6 Å². The minimum atomic E-state index is -0.0346. The molecule has 2 aromatic heterocycles. The molecule has 0 spiro atoms. The molecule has 5 nitrogen and oxygen atoms in total. The predicted octanol–water partition coefficient (Wildman–Crippen LogP) is 2.53. The van der Waals surface area contributed by atoms with Crippen molar-refractivity contribution in [3.8, 4) is 5.88 Å². The van der Waals surface area contributed by atoms with E-state index in [4.69, 9.17) is 4.74 Å². The highest BCUT2D eigenvalue weighted by atomic mass is 79.9. The highest BCUT2D eigenvalue weighted by molar-refractivity contribution is 9.10. The van der Waals surface area contributed by atoms with Gasteiger partial charge in [0.05, 0.1) is 23.0 Å². The highest BCUT2D eigenvalue weighted by Gasteiger charge is 2.12. The van der Waals surface area contributed by atoms with Gasteiger partial charge in [0.25, 0.3) is 5.56 Å². The van der Waals surface area contributed by atoms with Gasteiger partial charge in [0.1, 0.15) is 5.69 Å². The first-order valence-electron chi connectivity index (χ1n) is 5.63. The quantitative estimate of drug-likeness (QED) is 0.926. The van der Waals surface area contributed by atoms with Gasteiger partial charge >= 0.3 is 0 Å². The molecule has 0 saturated heterocycles. The van der Waals surface area contributed by atoms with Gasteiger partial charge in [0.2, 0.25) is 5.88 Å². The third kappa shape index (κ3) is 2.82. The Kier molecular flexibility index (Phi) is 4.26. The van der Waals surface area contributed by atoms with E-state index in [1.165, 1.54) is 11.5 Å². The number of aromatic nitrogens is 2. The van der Waals surface area contributed by atoms with Crippen LogP contribution in [0.2, 0.25) is 0 Å². The number of aryl methyl sites for hydroxylation is 1. The van der Waals surface area contributed by atoms with E-state index in [0.717, 1.165) is 15.0 Å². The Morgan fingerprint density at radius 3 is 2.89 bits per heavy atom. The number of anilines is 1. The minimum Gasteiger partial charge on any atom is -0.480 e. The lowest BCUT2D eigenvalue weighted by atomic mass is 10.3. The molecule has 0 aliphatic heterocycles. The van der Waals surface area contributed by atoms with Gasteiger partial charge in [-0.15, -0.1) is 0 Å². The molecule has 0 amide bonds. The normalized spacial score (nSPS) is 10.5. The van der Waals surface area contributed by atoms with E-state index < -0.39 is 0 Å². The molecular formula is C12H14BrN3O2S. The van der Waals surface area contributed by atoms with Gasteiger partial charge in [0.15, 0.2) is 0 Å². The maximum Gasteiger partial charge on any atom is 0.273 e. The van der Waals surface area contributed by atoms with Crippen LogP contribution in [0, 0.1) is 6.92 Å². The number of pyridine rings is 1. The smallest absolute Gasteiger partial charge is 0.273 e. The SMILES string of the molecule is COc1nsc(CNc2ccc(C)n(C)c2=O)c1Br. The van der Waals surface area contributed by atoms with E-state index in [2.05, 4.69) is 25.6 Å². The van der Waals surface area contributed by atoms with Crippen molar-refractivity contribution in [1.82, 2.24) is 8.94 Å². The molecule has 0 fully saturated rings. The second-order valence-electron chi connectivity index (χ2n) is 4.04. The van der Waals surface area contributed by atoms with Crippen molar-refractivity contribution in [3.05, 3.63) is 37.5 Å². The average Bonchev–Trinajstić information content (AvgIpc) is 2.76. The molecule has 0 unspecified atom stereocenters. The van der Waals surface area contributed by atoms with E-state index in [1.54, 1.807) is 24.8 Å². The third-order valence-corrected chi connectivity index (χ3v) is 4.77. The maximum absolute atomic E-state index is 12.0. The summed E-state index contributed by atoms with van der Waals surface area (Å²) in [6.07, 6.45) is 0. The summed E-state index contributed by atoms with van der Waals surface area (Å²) in [7, 11) is 3.33. The number of methoxy groups -OCH3 is 1. The van der Waals surface area contributed by atoms with Crippen LogP contribution in [0.3, 0.4) is 0 Å². The van der Waals surface area contributed by atoms with Crippen molar-refractivity contribution in [2.45, 2.75) is 13.5 Å².